The molecule has 2 amide bonds. The summed E-state index contributed by atoms with van der Waals surface area (Å²) >= 11 is 0. The van der Waals surface area contributed by atoms with E-state index in [1.165, 1.54) is 0 Å². The zero-order chi connectivity index (χ0) is 19.3. The SMILES string of the molecule is CC(=O)NC[C@@H](C(=O)N[C@H](C(=O)OC(C)(C)C)C(C)C)C(F)(F)F. The number of carbonyl (C=O) groups excluding carboxylic acids is 3. The van der Waals surface area contributed by atoms with Gasteiger partial charge in [0, 0.05) is 13.5 Å². The van der Waals surface area contributed by atoms with Crippen LogP contribution in [-0.4, -0.2) is 42.1 Å². The van der Waals surface area contributed by atoms with Crippen LogP contribution in [0, 0.1) is 11.8 Å². The molecular formula is C15H25F3N2O4. The molecule has 0 aliphatic carbocycles. The summed E-state index contributed by atoms with van der Waals surface area (Å²) in [7, 11) is 0. The summed E-state index contributed by atoms with van der Waals surface area (Å²) in [4.78, 5) is 34.9. The highest BCUT2D eigenvalue weighted by atomic mass is 19.4. The van der Waals surface area contributed by atoms with E-state index in [1.807, 2.05) is 5.32 Å². The maximum absolute atomic E-state index is 13.0. The van der Waals surface area contributed by atoms with E-state index in [2.05, 4.69) is 5.32 Å². The minimum Gasteiger partial charge on any atom is -0.458 e. The Balaban J connectivity index is 5.19. The van der Waals surface area contributed by atoms with Crippen LogP contribution in [0.15, 0.2) is 0 Å². The Labute approximate surface area is 139 Å². The molecule has 0 aromatic carbocycles. The zero-order valence-electron chi connectivity index (χ0n) is 14.7. The van der Waals surface area contributed by atoms with E-state index in [0.29, 0.717) is 0 Å². The minimum absolute atomic E-state index is 0.474. The van der Waals surface area contributed by atoms with E-state index in [1.54, 1.807) is 34.6 Å². The molecule has 0 heterocycles. The average molecular weight is 354 g/mol. The highest BCUT2D eigenvalue weighted by molar-refractivity contribution is 5.87. The first-order valence-corrected chi connectivity index (χ1v) is 7.49. The molecule has 0 fully saturated rings. The molecule has 0 radical (unpaired) electrons. The first-order chi connectivity index (χ1) is 10.6. The van der Waals surface area contributed by atoms with Crippen molar-refractivity contribution in [1.29, 1.82) is 0 Å². The molecule has 6 nitrogen and oxygen atoms in total. The van der Waals surface area contributed by atoms with Gasteiger partial charge in [0.05, 0.1) is 0 Å². The lowest BCUT2D eigenvalue weighted by molar-refractivity contribution is -0.184. The molecule has 0 aromatic rings. The largest absolute Gasteiger partial charge is 0.458 e. The molecule has 0 bridgehead atoms. The Kier molecular flexibility index (Phi) is 7.72. The summed E-state index contributed by atoms with van der Waals surface area (Å²) in [6.45, 7) is 8.13. The van der Waals surface area contributed by atoms with Crippen molar-refractivity contribution in [2.24, 2.45) is 11.8 Å². The van der Waals surface area contributed by atoms with Crippen LogP contribution < -0.4 is 10.6 Å². The standard InChI is InChI=1S/C15H25F3N2O4/c1-8(2)11(13(23)24-14(4,5)6)20-12(22)10(15(16,17)18)7-19-9(3)21/h8,10-11H,7H2,1-6H3,(H,19,21)(H,20,22)/t10-,11-/m0/s1. The number of hydrogen-bond acceptors (Lipinski definition) is 4. The molecule has 140 valence electrons. The first-order valence-electron chi connectivity index (χ1n) is 7.49. The van der Waals surface area contributed by atoms with Crippen molar-refractivity contribution < 1.29 is 32.3 Å². The minimum atomic E-state index is -4.86. The van der Waals surface area contributed by atoms with Crippen LogP contribution in [0.3, 0.4) is 0 Å². The Morgan fingerprint density at radius 3 is 1.92 bits per heavy atom. The van der Waals surface area contributed by atoms with Crippen LogP contribution in [0.5, 0.6) is 0 Å². The van der Waals surface area contributed by atoms with Gasteiger partial charge in [0.1, 0.15) is 11.6 Å². The van der Waals surface area contributed by atoms with E-state index in [4.69, 9.17) is 4.74 Å². The smallest absolute Gasteiger partial charge is 0.402 e. The number of nitrogens with one attached hydrogen (secondary N) is 2. The molecule has 24 heavy (non-hydrogen) atoms. The zero-order valence-corrected chi connectivity index (χ0v) is 14.7. The van der Waals surface area contributed by atoms with E-state index in [9.17, 15) is 27.6 Å². The molecule has 0 aromatic heterocycles. The molecule has 2 N–H and O–H groups in total. The van der Waals surface area contributed by atoms with Crippen LogP contribution in [0.2, 0.25) is 0 Å². The number of esters is 1. The van der Waals surface area contributed by atoms with Crippen molar-refractivity contribution in [1.82, 2.24) is 10.6 Å². The summed E-state index contributed by atoms with van der Waals surface area (Å²) < 4.78 is 44.2. The number of hydrogen-bond donors (Lipinski definition) is 2. The quantitative estimate of drug-likeness (QED) is 0.712. The molecule has 0 aliphatic rings. The van der Waals surface area contributed by atoms with Crippen molar-refractivity contribution in [3.8, 4) is 0 Å². The number of rotatable bonds is 6. The second kappa shape index (κ2) is 8.34. The van der Waals surface area contributed by atoms with Gasteiger partial charge < -0.3 is 15.4 Å². The Morgan fingerprint density at radius 1 is 1.08 bits per heavy atom. The highest BCUT2D eigenvalue weighted by Crippen LogP contribution is 2.26. The summed E-state index contributed by atoms with van der Waals surface area (Å²) in [5.74, 6) is -5.82. The third kappa shape index (κ3) is 8.16. The number of ether oxygens (including phenoxy) is 1. The number of carbonyl (C=O) groups is 3. The summed E-state index contributed by atoms with van der Waals surface area (Å²) in [5, 5.41) is 4.05. The van der Waals surface area contributed by atoms with Crippen molar-refractivity contribution >= 4 is 17.8 Å². The lowest BCUT2D eigenvalue weighted by Crippen LogP contribution is -2.53. The van der Waals surface area contributed by atoms with Crippen LogP contribution in [0.4, 0.5) is 13.2 Å². The molecule has 0 spiro atoms. The van der Waals surface area contributed by atoms with Gasteiger partial charge in [-0.3, -0.25) is 9.59 Å². The highest BCUT2D eigenvalue weighted by Gasteiger charge is 2.46. The summed E-state index contributed by atoms with van der Waals surface area (Å²) in [6, 6.07) is -1.22. The number of halogens is 3. The van der Waals surface area contributed by atoms with Crippen LogP contribution >= 0.6 is 0 Å². The predicted molar refractivity (Wildman–Crippen MR) is 80.8 cm³/mol. The molecule has 0 aliphatic heterocycles. The third-order valence-corrected chi connectivity index (χ3v) is 2.89. The number of amides is 2. The van der Waals surface area contributed by atoms with Gasteiger partial charge >= 0.3 is 12.1 Å². The van der Waals surface area contributed by atoms with Gasteiger partial charge in [0.25, 0.3) is 0 Å². The monoisotopic (exact) mass is 354 g/mol. The lowest BCUT2D eigenvalue weighted by atomic mass is 10.0. The van der Waals surface area contributed by atoms with E-state index >= 15 is 0 Å². The van der Waals surface area contributed by atoms with Gasteiger partial charge in [0.15, 0.2) is 5.92 Å². The fourth-order valence-electron chi connectivity index (χ4n) is 1.72. The number of alkyl halides is 3. The second-order valence-corrected chi connectivity index (χ2v) is 6.80. The molecule has 2 atom stereocenters. The Hall–Kier alpha value is -1.80. The average Bonchev–Trinajstić information content (AvgIpc) is 2.31. The van der Waals surface area contributed by atoms with Gasteiger partial charge in [0.2, 0.25) is 11.8 Å². The fraction of sp³-hybridized carbons (Fsp3) is 0.800. The van der Waals surface area contributed by atoms with Crippen LogP contribution in [0.25, 0.3) is 0 Å². The molecule has 0 saturated heterocycles. The Bertz CT molecular complexity index is 470. The van der Waals surface area contributed by atoms with E-state index < -0.39 is 54.0 Å². The van der Waals surface area contributed by atoms with Gasteiger partial charge in [-0.15, -0.1) is 0 Å². The maximum atomic E-state index is 13.0. The van der Waals surface area contributed by atoms with Crippen molar-refractivity contribution in [2.75, 3.05) is 6.54 Å². The van der Waals surface area contributed by atoms with E-state index in [-0.39, 0.29) is 0 Å². The topological polar surface area (TPSA) is 84.5 Å². The first kappa shape index (κ1) is 22.2. The Morgan fingerprint density at radius 2 is 1.58 bits per heavy atom. The lowest BCUT2D eigenvalue weighted by Gasteiger charge is -2.28. The van der Waals surface area contributed by atoms with Gasteiger partial charge in [-0.25, -0.2) is 4.79 Å². The summed E-state index contributed by atoms with van der Waals surface area (Å²) in [5.41, 5.74) is -0.839. The normalized spacial score (nSPS) is 14.8. The van der Waals surface area contributed by atoms with Gasteiger partial charge in [-0.05, 0) is 26.7 Å². The van der Waals surface area contributed by atoms with Crippen LogP contribution in [0.1, 0.15) is 41.5 Å². The van der Waals surface area contributed by atoms with E-state index in [0.717, 1.165) is 6.92 Å². The van der Waals surface area contributed by atoms with Gasteiger partial charge in [-0.1, -0.05) is 13.8 Å². The third-order valence-electron chi connectivity index (χ3n) is 2.89. The van der Waals surface area contributed by atoms with Crippen molar-refractivity contribution in [2.45, 2.75) is 59.4 Å². The molecule has 0 saturated carbocycles. The second-order valence-electron chi connectivity index (χ2n) is 6.80. The van der Waals surface area contributed by atoms with Crippen LogP contribution in [-0.2, 0) is 19.1 Å². The molecular weight excluding hydrogens is 329 g/mol. The molecule has 9 heteroatoms. The predicted octanol–water partition coefficient (Wildman–Crippen LogP) is 1.78. The molecule has 0 unspecified atom stereocenters. The van der Waals surface area contributed by atoms with Crippen molar-refractivity contribution in [3.05, 3.63) is 0 Å². The molecule has 0 rings (SSSR count). The fourth-order valence-corrected chi connectivity index (χ4v) is 1.72. The maximum Gasteiger partial charge on any atom is 0.402 e. The van der Waals surface area contributed by atoms with Gasteiger partial charge in [-0.2, -0.15) is 13.2 Å². The summed E-state index contributed by atoms with van der Waals surface area (Å²) in [6.07, 6.45) is -4.86. The van der Waals surface area contributed by atoms with Crippen molar-refractivity contribution in [3.63, 3.8) is 0 Å².